The summed E-state index contributed by atoms with van der Waals surface area (Å²) in [5.41, 5.74) is -1.86. The average molecular weight is 494 g/mol. The van der Waals surface area contributed by atoms with Gasteiger partial charge in [-0.3, -0.25) is 9.59 Å². The number of rotatable bonds is 8. The van der Waals surface area contributed by atoms with E-state index in [1.165, 1.54) is 19.3 Å². The molecule has 1 amide bonds. The molecule has 0 saturated heterocycles. The van der Waals surface area contributed by atoms with Gasteiger partial charge in [0.15, 0.2) is 5.92 Å². The van der Waals surface area contributed by atoms with Gasteiger partial charge in [0.05, 0.1) is 0 Å². The molecule has 0 radical (unpaired) electrons. The molecule has 0 aromatic carbocycles. The van der Waals surface area contributed by atoms with Crippen LogP contribution in [0, 0.1) is 29.1 Å². The lowest BCUT2D eigenvalue weighted by atomic mass is 9.46. The van der Waals surface area contributed by atoms with E-state index in [1.54, 1.807) is 41.5 Å². The fraction of sp³-hybridized carbons (Fsp3) is 0.893. The standard InChI is InChI=1S/C28H47NO6/c1-25(2,3)33-22(30)21(23(31)34-26(4,5)6)10-9-11-29-24(32)35-27(7,8)28-15-18-12-19(16-28)14-20(13-18)17-28/h18-21H,9-17H2,1-8H3,(H,29,32). The van der Waals surface area contributed by atoms with E-state index in [0.29, 0.717) is 13.0 Å². The van der Waals surface area contributed by atoms with Crippen molar-refractivity contribution in [3.05, 3.63) is 0 Å². The maximum atomic E-state index is 12.7. The first kappa shape index (κ1) is 27.8. The number of nitrogens with one attached hydrogen (secondary N) is 1. The minimum atomic E-state index is -1.03. The summed E-state index contributed by atoms with van der Waals surface area (Å²) in [6.45, 7) is 15.0. The Bertz CT molecular complexity index is 740. The van der Waals surface area contributed by atoms with Crippen LogP contribution in [0.15, 0.2) is 0 Å². The molecule has 4 saturated carbocycles. The van der Waals surface area contributed by atoms with Crippen molar-refractivity contribution >= 4 is 18.0 Å². The van der Waals surface area contributed by atoms with Crippen LogP contribution in [0.4, 0.5) is 4.79 Å². The van der Waals surface area contributed by atoms with Gasteiger partial charge in [-0.2, -0.15) is 0 Å². The topological polar surface area (TPSA) is 90.9 Å². The smallest absolute Gasteiger partial charge is 0.407 e. The molecule has 4 aliphatic carbocycles. The average Bonchev–Trinajstić information content (AvgIpc) is 2.63. The highest BCUT2D eigenvalue weighted by Crippen LogP contribution is 2.64. The van der Waals surface area contributed by atoms with Crippen LogP contribution in [-0.4, -0.2) is 41.4 Å². The van der Waals surface area contributed by atoms with Gasteiger partial charge in [-0.1, -0.05) is 0 Å². The van der Waals surface area contributed by atoms with Crippen molar-refractivity contribution in [3.8, 4) is 0 Å². The van der Waals surface area contributed by atoms with Gasteiger partial charge in [-0.25, -0.2) is 4.79 Å². The molecular formula is C28H47NO6. The fourth-order valence-corrected chi connectivity index (χ4v) is 6.80. The van der Waals surface area contributed by atoms with Gasteiger partial charge in [-0.15, -0.1) is 0 Å². The van der Waals surface area contributed by atoms with Gasteiger partial charge in [0, 0.05) is 12.0 Å². The molecule has 0 unspecified atom stereocenters. The van der Waals surface area contributed by atoms with Crippen molar-refractivity contribution in [1.82, 2.24) is 5.32 Å². The summed E-state index contributed by atoms with van der Waals surface area (Å²) in [5, 5.41) is 2.84. The zero-order valence-electron chi connectivity index (χ0n) is 23.1. The van der Waals surface area contributed by atoms with E-state index < -0.39 is 40.8 Å². The number of carbonyl (C=O) groups excluding carboxylic acids is 3. The Morgan fingerprint density at radius 1 is 0.771 bits per heavy atom. The van der Waals surface area contributed by atoms with E-state index >= 15 is 0 Å². The molecule has 7 heteroatoms. The number of amides is 1. The minimum absolute atomic E-state index is 0.0810. The summed E-state index contributed by atoms with van der Waals surface area (Å²) < 4.78 is 16.9. The lowest BCUT2D eigenvalue weighted by Gasteiger charge is -2.61. The van der Waals surface area contributed by atoms with Crippen molar-refractivity contribution in [2.75, 3.05) is 6.54 Å². The third kappa shape index (κ3) is 7.13. The monoisotopic (exact) mass is 493 g/mol. The zero-order chi connectivity index (χ0) is 26.2. The molecule has 0 aromatic rings. The van der Waals surface area contributed by atoms with Crippen molar-refractivity contribution in [2.45, 2.75) is 124 Å². The lowest BCUT2D eigenvalue weighted by Crippen LogP contribution is -2.58. The van der Waals surface area contributed by atoms with Crippen LogP contribution in [0.2, 0.25) is 0 Å². The van der Waals surface area contributed by atoms with E-state index in [2.05, 4.69) is 19.2 Å². The van der Waals surface area contributed by atoms with Gasteiger partial charge >= 0.3 is 18.0 Å². The van der Waals surface area contributed by atoms with Gasteiger partial charge in [-0.05, 0) is 125 Å². The van der Waals surface area contributed by atoms with E-state index in [1.807, 2.05) is 0 Å². The van der Waals surface area contributed by atoms with Crippen molar-refractivity contribution in [2.24, 2.45) is 29.1 Å². The highest BCUT2D eigenvalue weighted by molar-refractivity contribution is 5.95. The van der Waals surface area contributed by atoms with E-state index in [-0.39, 0.29) is 11.8 Å². The summed E-state index contributed by atoms with van der Waals surface area (Å²) in [4.78, 5) is 38.1. The molecule has 0 aromatic heterocycles. The molecule has 0 atom stereocenters. The van der Waals surface area contributed by atoms with Crippen LogP contribution in [0.25, 0.3) is 0 Å². The summed E-state index contributed by atoms with van der Waals surface area (Å²) in [5.74, 6) is 0.115. The summed E-state index contributed by atoms with van der Waals surface area (Å²) in [7, 11) is 0. The number of hydrogen-bond acceptors (Lipinski definition) is 6. The Labute approximate surface area is 211 Å². The molecule has 200 valence electrons. The SMILES string of the molecule is CC(C)(C)OC(=O)C(CCCNC(=O)OC(C)(C)C12CC3CC(CC(C3)C1)C2)C(=O)OC(C)(C)C. The van der Waals surface area contributed by atoms with Crippen LogP contribution in [0.5, 0.6) is 0 Å². The van der Waals surface area contributed by atoms with Gasteiger partial charge < -0.3 is 19.5 Å². The Hall–Kier alpha value is -1.79. The molecule has 4 aliphatic rings. The molecule has 0 heterocycles. The second kappa shape index (κ2) is 9.93. The van der Waals surface area contributed by atoms with Crippen molar-refractivity contribution in [1.29, 1.82) is 0 Å². The Morgan fingerprint density at radius 3 is 1.60 bits per heavy atom. The maximum absolute atomic E-state index is 12.7. The number of ether oxygens (including phenoxy) is 3. The Kier molecular flexibility index (Phi) is 7.88. The summed E-state index contributed by atoms with van der Waals surface area (Å²) >= 11 is 0. The molecule has 0 aliphatic heterocycles. The van der Waals surface area contributed by atoms with Crippen molar-refractivity contribution in [3.63, 3.8) is 0 Å². The van der Waals surface area contributed by atoms with Crippen LogP contribution in [0.3, 0.4) is 0 Å². The van der Waals surface area contributed by atoms with Gasteiger partial charge in [0.1, 0.15) is 16.8 Å². The number of esters is 2. The first-order valence-corrected chi connectivity index (χ1v) is 13.4. The largest absolute Gasteiger partial charge is 0.459 e. The van der Waals surface area contributed by atoms with Gasteiger partial charge in [0.25, 0.3) is 0 Å². The maximum Gasteiger partial charge on any atom is 0.407 e. The second-order valence-corrected chi connectivity index (χ2v) is 13.8. The molecule has 4 rings (SSSR count). The molecule has 4 bridgehead atoms. The minimum Gasteiger partial charge on any atom is -0.459 e. The second-order valence-electron chi connectivity index (χ2n) is 13.8. The van der Waals surface area contributed by atoms with Crippen LogP contribution in [0.1, 0.15) is 107 Å². The molecule has 0 spiro atoms. The first-order valence-electron chi connectivity index (χ1n) is 13.4. The molecule has 1 N–H and O–H groups in total. The highest BCUT2D eigenvalue weighted by Gasteiger charge is 2.58. The van der Waals surface area contributed by atoms with E-state index in [9.17, 15) is 14.4 Å². The Morgan fingerprint density at radius 2 is 1.20 bits per heavy atom. The molecular weight excluding hydrogens is 446 g/mol. The predicted molar refractivity (Wildman–Crippen MR) is 134 cm³/mol. The summed E-state index contributed by atoms with van der Waals surface area (Å²) in [6, 6.07) is 0. The lowest BCUT2D eigenvalue weighted by molar-refractivity contribution is -0.174. The normalized spacial score (nSPS) is 28.1. The van der Waals surface area contributed by atoms with Gasteiger partial charge in [0.2, 0.25) is 0 Å². The van der Waals surface area contributed by atoms with Crippen LogP contribution < -0.4 is 5.32 Å². The highest BCUT2D eigenvalue weighted by atomic mass is 16.6. The quantitative estimate of drug-likeness (QED) is 0.199. The molecule has 7 nitrogen and oxygen atoms in total. The molecule has 4 fully saturated rings. The van der Waals surface area contributed by atoms with Crippen molar-refractivity contribution < 1.29 is 28.6 Å². The van der Waals surface area contributed by atoms with E-state index in [4.69, 9.17) is 14.2 Å². The number of alkyl carbamates (subject to hydrolysis) is 1. The fourth-order valence-electron chi connectivity index (χ4n) is 6.80. The molecule has 35 heavy (non-hydrogen) atoms. The third-order valence-electron chi connectivity index (χ3n) is 7.98. The predicted octanol–water partition coefficient (Wildman–Crippen LogP) is 5.79. The van der Waals surface area contributed by atoms with Crippen LogP contribution >= 0.6 is 0 Å². The zero-order valence-corrected chi connectivity index (χ0v) is 23.1. The first-order chi connectivity index (χ1) is 16.0. The Balaban J connectivity index is 1.51. The van der Waals surface area contributed by atoms with Crippen LogP contribution in [-0.2, 0) is 23.8 Å². The number of hydrogen-bond donors (Lipinski definition) is 1. The number of carbonyl (C=O) groups is 3. The van der Waals surface area contributed by atoms with E-state index in [0.717, 1.165) is 37.0 Å². The third-order valence-corrected chi connectivity index (χ3v) is 7.98. The summed E-state index contributed by atoms with van der Waals surface area (Å²) in [6.07, 6.45) is 7.73.